The Morgan fingerprint density at radius 2 is 1.81 bits per heavy atom. The molecule has 2 aliphatic heterocycles. The van der Waals surface area contributed by atoms with Crippen LogP contribution < -0.4 is 0 Å². The van der Waals surface area contributed by atoms with Gasteiger partial charge < -0.3 is 14.6 Å². The third kappa shape index (κ3) is 3.74. The number of aliphatic hydroxyl groups is 1. The van der Waals surface area contributed by atoms with Crippen molar-refractivity contribution in [3.05, 3.63) is 35.4 Å². The van der Waals surface area contributed by atoms with Crippen molar-refractivity contribution in [1.82, 2.24) is 4.90 Å². The highest BCUT2D eigenvalue weighted by Gasteiger charge is 2.50. The van der Waals surface area contributed by atoms with E-state index in [9.17, 15) is 9.90 Å². The van der Waals surface area contributed by atoms with E-state index < -0.39 is 11.2 Å². The lowest BCUT2D eigenvalue weighted by Crippen LogP contribution is -2.63. The predicted molar refractivity (Wildman–Crippen MR) is 100 cm³/mol. The highest BCUT2D eigenvalue weighted by Crippen LogP contribution is 2.43. The van der Waals surface area contributed by atoms with Crippen LogP contribution in [0.4, 0.5) is 4.79 Å². The molecule has 5 heteroatoms. The first-order chi connectivity index (χ1) is 12.1. The van der Waals surface area contributed by atoms with Crippen molar-refractivity contribution in [3.63, 3.8) is 0 Å². The lowest BCUT2D eigenvalue weighted by molar-refractivity contribution is -0.141. The molecule has 2 bridgehead atoms. The molecule has 1 N–H and O–H groups in total. The maximum atomic E-state index is 12.7. The van der Waals surface area contributed by atoms with Crippen LogP contribution in [0.3, 0.4) is 0 Å². The van der Waals surface area contributed by atoms with E-state index >= 15 is 0 Å². The molecule has 0 spiro atoms. The van der Waals surface area contributed by atoms with Gasteiger partial charge in [-0.05, 0) is 37.8 Å². The molecule has 0 saturated carbocycles. The van der Waals surface area contributed by atoms with Crippen LogP contribution in [0.25, 0.3) is 0 Å². The monoisotopic (exact) mass is 361 g/mol. The van der Waals surface area contributed by atoms with E-state index in [1.165, 1.54) is 5.56 Å². The highest BCUT2D eigenvalue weighted by atomic mass is 16.6. The molecule has 2 unspecified atom stereocenters. The van der Waals surface area contributed by atoms with Crippen molar-refractivity contribution in [3.8, 4) is 0 Å². The van der Waals surface area contributed by atoms with Gasteiger partial charge in [0.15, 0.2) is 0 Å². The van der Waals surface area contributed by atoms with E-state index in [2.05, 4.69) is 19.9 Å². The SMILES string of the molecule is CC(C)c1ccccc1C1(O)CC2COCC(C1)N2C(=O)OC(C)(C)C. The van der Waals surface area contributed by atoms with Gasteiger partial charge in [0, 0.05) is 12.8 Å². The second-order valence-corrected chi connectivity index (χ2v) is 8.91. The van der Waals surface area contributed by atoms with Gasteiger partial charge in [0.25, 0.3) is 0 Å². The van der Waals surface area contributed by atoms with E-state index in [4.69, 9.17) is 9.47 Å². The molecule has 2 heterocycles. The smallest absolute Gasteiger partial charge is 0.410 e. The maximum Gasteiger partial charge on any atom is 0.410 e. The Morgan fingerprint density at radius 1 is 1.23 bits per heavy atom. The third-order valence-corrected chi connectivity index (χ3v) is 5.24. The Balaban J connectivity index is 1.89. The second-order valence-electron chi connectivity index (χ2n) is 8.91. The van der Waals surface area contributed by atoms with E-state index in [1.807, 2.05) is 39.0 Å². The minimum Gasteiger partial charge on any atom is -0.444 e. The first-order valence-electron chi connectivity index (χ1n) is 9.51. The number of carbonyl (C=O) groups excluding carboxylic acids is 1. The van der Waals surface area contributed by atoms with E-state index in [0.29, 0.717) is 32.0 Å². The highest BCUT2D eigenvalue weighted by molar-refractivity contribution is 5.69. The van der Waals surface area contributed by atoms with Gasteiger partial charge in [-0.3, -0.25) is 4.90 Å². The van der Waals surface area contributed by atoms with Gasteiger partial charge in [-0.2, -0.15) is 0 Å². The summed E-state index contributed by atoms with van der Waals surface area (Å²) in [4.78, 5) is 14.5. The Bertz CT molecular complexity index is 650. The van der Waals surface area contributed by atoms with Crippen molar-refractivity contribution < 1.29 is 19.4 Å². The Kier molecular flexibility index (Phi) is 5.06. The molecule has 3 rings (SSSR count). The molecule has 1 aromatic rings. The van der Waals surface area contributed by atoms with Crippen LogP contribution in [0.5, 0.6) is 0 Å². The number of hydrogen-bond acceptors (Lipinski definition) is 4. The van der Waals surface area contributed by atoms with Crippen LogP contribution in [-0.2, 0) is 15.1 Å². The van der Waals surface area contributed by atoms with Gasteiger partial charge in [-0.15, -0.1) is 0 Å². The van der Waals surface area contributed by atoms with Crippen LogP contribution >= 0.6 is 0 Å². The van der Waals surface area contributed by atoms with Crippen LogP contribution in [0.2, 0.25) is 0 Å². The molecule has 5 nitrogen and oxygen atoms in total. The lowest BCUT2D eigenvalue weighted by atomic mass is 9.74. The van der Waals surface area contributed by atoms with Gasteiger partial charge in [0.05, 0.1) is 30.9 Å². The number of hydrogen-bond donors (Lipinski definition) is 1. The zero-order valence-corrected chi connectivity index (χ0v) is 16.5. The van der Waals surface area contributed by atoms with Crippen LogP contribution in [0.15, 0.2) is 24.3 Å². The molecule has 1 aromatic carbocycles. The van der Waals surface area contributed by atoms with Gasteiger partial charge in [-0.25, -0.2) is 4.79 Å². The number of nitrogens with zero attached hydrogens (tertiary/aromatic N) is 1. The van der Waals surface area contributed by atoms with Crippen molar-refractivity contribution in [1.29, 1.82) is 0 Å². The van der Waals surface area contributed by atoms with E-state index in [0.717, 1.165) is 5.56 Å². The molecular weight excluding hydrogens is 330 g/mol. The van der Waals surface area contributed by atoms with Crippen molar-refractivity contribution in [2.75, 3.05) is 13.2 Å². The first kappa shape index (κ1) is 19.2. The van der Waals surface area contributed by atoms with Gasteiger partial charge >= 0.3 is 6.09 Å². The molecule has 26 heavy (non-hydrogen) atoms. The van der Waals surface area contributed by atoms with Crippen LogP contribution in [0.1, 0.15) is 64.5 Å². The molecule has 0 aliphatic carbocycles. The van der Waals surface area contributed by atoms with Crippen LogP contribution in [0, 0.1) is 0 Å². The molecule has 2 aliphatic rings. The summed E-state index contributed by atoms with van der Waals surface area (Å²) in [6.07, 6.45) is 0.619. The zero-order chi connectivity index (χ0) is 19.1. The van der Waals surface area contributed by atoms with Crippen LogP contribution in [-0.4, -0.2) is 47.0 Å². The molecule has 144 valence electrons. The van der Waals surface area contributed by atoms with E-state index in [-0.39, 0.29) is 18.2 Å². The molecule has 2 fully saturated rings. The summed E-state index contributed by atoms with van der Waals surface area (Å²) in [6, 6.07) is 7.75. The quantitative estimate of drug-likeness (QED) is 0.870. The minimum atomic E-state index is -0.946. The number of fused-ring (bicyclic) bond motifs is 2. The zero-order valence-electron chi connectivity index (χ0n) is 16.5. The second kappa shape index (κ2) is 6.86. The summed E-state index contributed by atoms with van der Waals surface area (Å²) in [5.41, 5.74) is 0.665. The summed E-state index contributed by atoms with van der Waals surface area (Å²) in [6.45, 7) is 10.8. The number of benzene rings is 1. The molecule has 0 radical (unpaired) electrons. The summed E-state index contributed by atoms with van der Waals surface area (Å²) in [7, 11) is 0. The van der Waals surface area contributed by atoms with Crippen molar-refractivity contribution >= 4 is 6.09 Å². The third-order valence-electron chi connectivity index (χ3n) is 5.24. The minimum absolute atomic E-state index is 0.178. The average Bonchev–Trinajstić information content (AvgIpc) is 2.52. The summed E-state index contributed by atoms with van der Waals surface area (Å²) in [5, 5.41) is 11.6. The number of piperidine rings is 1. The molecule has 2 saturated heterocycles. The number of amides is 1. The molecular formula is C21H31NO4. The normalized spacial score (nSPS) is 29.0. The number of ether oxygens (including phenoxy) is 2. The Labute approximate surface area is 156 Å². The fraction of sp³-hybridized carbons (Fsp3) is 0.667. The number of carbonyl (C=O) groups is 1. The largest absolute Gasteiger partial charge is 0.444 e. The van der Waals surface area contributed by atoms with Gasteiger partial charge in [-0.1, -0.05) is 38.1 Å². The number of morpholine rings is 1. The van der Waals surface area contributed by atoms with Gasteiger partial charge in [0.2, 0.25) is 0 Å². The maximum absolute atomic E-state index is 12.7. The lowest BCUT2D eigenvalue weighted by Gasteiger charge is -2.51. The van der Waals surface area contributed by atoms with Gasteiger partial charge in [0.1, 0.15) is 5.60 Å². The molecule has 2 atom stereocenters. The molecule has 1 amide bonds. The average molecular weight is 361 g/mol. The predicted octanol–water partition coefficient (Wildman–Crippen LogP) is 3.80. The Morgan fingerprint density at radius 3 is 2.35 bits per heavy atom. The fourth-order valence-electron chi connectivity index (χ4n) is 4.23. The fourth-order valence-corrected chi connectivity index (χ4v) is 4.23. The summed E-state index contributed by atoms with van der Waals surface area (Å²) in [5.74, 6) is 0.329. The van der Waals surface area contributed by atoms with Crippen molar-refractivity contribution in [2.24, 2.45) is 0 Å². The summed E-state index contributed by atoms with van der Waals surface area (Å²) >= 11 is 0. The molecule has 0 aromatic heterocycles. The summed E-state index contributed by atoms with van der Waals surface area (Å²) < 4.78 is 11.3. The first-order valence-corrected chi connectivity index (χ1v) is 9.51. The van der Waals surface area contributed by atoms with E-state index in [1.54, 1.807) is 4.90 Å². The number of rotatable bonds is 2. The van der Waals surface area contributed by atoms with Crippen molar-refractivity contribution in [2.45, 2.75) is 76.7 Å². The Hall–Kier alpha value is -1.59. The topological polar surface area (TPSA) is 59.0 Å². The standard InChI is InChI=1S/C21H31NO4/c1-14(2)17-8-6-7-9-18(17)21(24)10-15-12-25-13-16(11-21)22(15)19(23)26-20(3,4)5/h6-9,14-16,24H,10-13H2,1-5H3.